The molecule has 24 heavy (non-hydrogen) atoms. The largest absolute Gasteiger partial charge is 0.496 e. The molecule has 7 nitrogen and oxygen atoms in total. The van der Waals surface area contributed by atoms with Crippen LogP contribution in [0.5, 0.6) is 5.75 Å². The van der Waals surface area contributed by atoms with Crippen LogP contribution in [0.15, 0.2) is 24.3 Å². The second-order valence-electron chi connectivity index (χ2n) is 5.71. The summed E-state index contributed by atoms with van der Waals surface area (Å²) in [5.74, 6) is -0.00736. The Labute approximate surface area is 141 Å². The fourth-order valence-corrected chi connectivity index (χ4v) is 2.72. The number of nitrogens with one attached hydrogen (secondary N) is 2. The Kier molecular flexibility index (Phi) is 6.17. The number of carbonyl (C=O) groups is 3. The fourth-order valence-electron chi connectivity index (χ4n) is 2.72. The molecule has 0 spiro atoms. The maximum absolute atomic E-state index is 12.2. The summed E-state index contributed by atoms with van der Waals surface area (Å²) in [4.78, 5) is 37.3. The maximum Gasteiger partial charge on any atom is 0.239 e. The molecular weight excluding hydrogens is 310 g/mol. The third-order valence-corrected chi connectivity index (χ3v) is 4.13. The Morgan fingerprint density at radius 2 is 2.08 bits per heavy atom. The van der Waals surface area contributed by atoms with Gasteiger partial charge in [-0.05, 0) is 12.5 Å². The number of nitrogens with zero attached hydrogens (tertiary/aromatic N) is 1. The number of para-hydroxylation sites is 1. The van der Waals surface area contributed by atoms with Gasteiger partial charge in [-0.25, -0.2) is 0 Å². The molecule has 1 aliphatic heterocycles. The highest BCUT2D eigenvalue weighted by molar-refractivity contribution is 5.87. The molecule has 130 valence electrons. The number of rotatable bonds is 6. The first-order chi connectivity index (χ1) is 11.5. The molecule has 1 atom stereocenters. The Morgan fingerprint density at radius 1 is 1.33 bits per heavy atom. The summed E-state index contributed by atoms with van der Waals surface area (Å²) in [5, 5.41) is 5.06. The highest BCUT2D eigenvalue weighted by atomic mass is 16.5. The monoisotopic (exact) mass is 333 g/mol. The van der Waals surface area contributed by atoms with Crippen molar-refractivity contribution in [1.29, 1.82) is 0 Å². The van der Waals surface area contributed by atoms with Gasteiger partial charge in [0.15, 0.2) is 0 Å². The van der Waals surface area contributed by atoms with E-state index in [1.54, 1.807) is 12.0 Å². The number of hydrogen-bond donors (Lipinski definition) is 2. The smallest absolute Gasteiger partial charge is 0.239 e. The normalized spacial score (nSPS) is 17.3. The topological polar surface area (TPSA) is 87.7 Å². The number of likely N-dealkylation sites (N-methyl/N-ethyl adjacent to an activating group) is 1. The summed E-state index contributed by atoms with van der Waals surface area (Å²) in [6.07, 6.45) is 0.827. The van der Waals surface area contributed by atoms with Gasteiger partial charge in [-0.1, -0.05) is 18.2 Å². The number of likely N-dealkylation sites (tertiary alicyclic amines) is 1. The number of hydrogen-bond acceptors (Lipinski definition) is 4. The van der Waals surface area contributed by atoms with E-state index < -0.39 is 0 Å². The van der Waals surface area contributed by atoms with Crippen LogP contribution in [0.2, 0.25) is 0 Å². The van der Waals surface area contributed by atoms with Crippen molar-refractivity contribution in [2.24, 2.45) is 5.92 Å². The van der Waals surface area contributed by atoms with Gasteiger partial charge in [0.05, 0.1) is 19.6 Å². The lowest BCUT2D eigenvalue weighted by Crippen LogP contribution is -2.47. The second kappa shape index (κ2) is 8.33. The third-order valence-electron chi connectivity index (χ3n) is 4.13. The van der Waals surface area contributed by atoms with E-state index in [1.165, 1.54) is 7.05 Å². The van der Waals surface area contributed by atoms with Crippen LogP contribution in [0.3, 0.4) is 0 Å². The van der Waals surface area contributed by atoms with Crippen molar-refractivity contribution in [2.45, 2.75) is 19.4 Å². The van der Waals surface area contributed by atoms with Gasteiger partial charge in [-0.3, -0.25) is 14.4 Å². The summed E-state index contributed by atoms with van der Waals surface area (Å²) in [6.45, 7) is 0.699. The van der Waals surface area contributed by atoms with E-state index in [9.17, 15) is 14.4 Å². The zero-order valence-corrected chi connectivity index (χ0v) is 14.0. The zero-order valence-electron chi connectivity index (χ0n) is 14.0. The summed E-state index contributed by atoms with van der Waals surface area (Å²) in [6, 6.07) is 7.51. The maximum atomic E-state index is 12.2. The molecule has 2 N–H and O–H groups in total. The van der Waals surface area contributed by atoms with Crippen LogP contribution < -0.4 is 15.4 Å². The van der Waals surface area contributed by atoms with Crippen molar-refractivity contribution >= 4 is 17.7 Å². The van der Waals surface area contributed by atoms with E-state index in [2.05, 4.69) is 10.6 Å². The number of benzene rings is 1. The zero-order chi connectivity index (χ0) is 17.5. The molecule has 1 heterocycles. The lowest BCUT2D eigenvalue weighted by molar-refractivity contribution is -0.139. The first-order valence-corrected chi connectivity index (χ1v) is 7.93. The average molecular weight is 333 g/mol. The molecule has 1 aliphatic rings. The number of piperidine rings is 1. The average Bonchev–Trinajstić information content (AvgIpc) is 2.61. The first kappa shape index (κ1) is 17.8. The minimum absolute atomic E-state index is 0.0243. The van der Waals surface area contributed by atoms with Crippen LogP contribution in [0.4, 0.5) is 0 Å². The number of methoxy groups -OCH3 is 1. The van der Waals surface area contributed by atoms with Crippen molar-refractivity contribution in [3.05, 3.63) is 29.8 Å². The first-order valence-electron chi connectivity index (χ1n) is 7.93. The van der Waals surface area contributed by atoms with Gasteiger partial charge in [0, 0.05) is 32.1 Å². The number of carbonyl (C=O) groups excluding carboxylic acids is 3. The molecule has 0 bridgehead atoms. The Hall–Kier alpha value is -2.57. The van der Waals surface area contributed by atoms with Gasteiger partial charge < -0.3 is 20.3 Å². The highest BCUT2D eigenvalue weighted by Gasteiger charge is 2.30. The summed E-state index contributed by atoms with van der Waals surface area (Å²) in [5.41, 5.74) is 0.903. The molecule has 0 unspecified atom stereocenters. The predicted molar refractivity (Wildman–Crippen MR) is 88.2 cm³/mol. The Morgan fingerprint density at radius 3 is 2.79 bits per heavy atom. The molecule has 0 aromatic heterocycles. The van der Waals surface area contributed by atoms with E-state index in [-0.39, 0.29) is 30.2 Å². The molecule has 1 saturated heterocycles. The van der Waals surface area contributed by atoms with E-state index in [4.69, 9.17) is 4.74 Å². The van der Waals surface area contributed by atoms with Crippen LogP contribution in [0.1, 0.15) is 18.4 Å². The van der Waals surface area contributed by atoms with Crippen LogP contribution in [-0.4, -0.2) is 49.9 Å². The van der Waals surface area contributed by atoms with Gasteiger partial charge in [0.2, 0.25) is 17.7 Å². The van der Waals surface area contributed by atoms with Crippen molar-refractivity contribution in [1.82, 2.24) is 15.5 Å². The van der Waals surface area contributed by atoms with Crippen LogP contribution in [0.25, 0.3) is 0 Å². The molecular formula is C17H23N3O4. The quantitative estimate of drug-likeness (QED) is 0.784. The number of ether oxygens (including phenoxy) is 1. The van der Waals surface area contributed by atoms with Gasteiger partial charge in [0.25, 0.3) is 0 Å². The summed E-state index contributed by atoms with van der Waals surface area (Å²) >= 11 is 0. The third kappa shape index (κ3) is 4.47. The summed E-state index contributed by atoms with van der Waals surface area (Å²) < 4.78 is 5.31. The van der Waals surface area contributed by atoms with E-state index in [0.29, 0.717) is 25.9 Å². The van der Waals surface area contributed by atoms with Gasteiger partial charge in [-0.15, -0.1) is 0 Å². The lowest BCUT2D eigenvalue weighted by Gasteiger charge is -2.32. The molecule has 0 aliphatic carbocycles. The lowest BCUT2D eigenvalue weighted by atomic mass is 9.96. The minimum atomic E-state index is -0.304. The molecule has 3 amide bonds. The molecule has 7 heteroatoms. The van der Waals surface area contributed by atoms with Crippen LogP contribution in [0, 0.1) is 5.92 Å². The predicted octanol–water partition coefficient (Wildman–Crippen LogP) is 0.296. The van der Waals surface area contributed by atoms with Crippen molar-refractivity contribution in [3.63, 3.8) is 0 Å². The molecule has 0 radical (unpaired) electrons. The van der Waals surface area contributed by atoms with Gasteiger partial charge >= 0.3 is 0 Å². The molecule has 1 aromatic carbocycles. The molecule has 2 rings (SSSR count). The van der Waals surface area contributed by atoms with Crippen molar-refractivity contribution in [3.8, 4) is 5.75 Å². The molecule has 1 fully saturated rings. The van der Waals surface area contributed by atoms with E-state index in [1.807, 2.05) is 24.3 Å². The Bertz CT molecular complexity index is 618. The second-order valence-corrected chi connectivity index (χ2v) is 5.71. The van der Waals surface area contributed by atoms with E-state index in [0.717, 1.165) is 11.3 Å². The van der Waals surface area contributed by atoms with Crippen molar-refractivity contribution < 1.29 is 19.1 Å². The van der Waals surface area contributed by atoms with Crippen LogP contribution in [-0.2, 0) is 20.9 Å². The van der Waals surface area contributed by atoms with Crippen LogP contribution >= 0.6 is 0 Å². The van der Waals surface area contributed by atoms with Gasteiger partial charge in [-0.2, -0.15) is 0 Å². The highest BCUT2D eigenvalue weighted by Crippen LogP contribution is 2.24. The van der Waals surface area contributed by atoms with Gasteiger partial charge in [0.1, 0.15) is 5.75 Å². The van der Waals surface area contributed by atoms with E-state index >= 15 is 0 Å². The van der Waals surface area contributed by atoms with Crippen molar-refractivity contribution in [2.75, 3.05) is 27.2 Å². The fraction of sp³-hybridized carbons (Fsp3) is 0.471. The SMILES string of the molecule is CNC(=O)CNC(=O)[C@@H]1CCC(=O)N(Cc2ccccc2OC)C1. The standard InChI is InChI=1S/C17H23N3O4/c1-18-15(21)9-19-17(23)13-7-8-16(22)20(11-13)10-12-5-3-4-6-14(12)24-2/h3-6,13H,7-11H2,1-2H3,(H,18,21)(H,19,23)/t13-/m1/s1. The molecule has 1 aromatic rings. The summed E-state index contributed by atoms with van der Waals surface area (Å²) in [7, 11) is 3.11. The number of amides is 3. The molecule has 0 saturated carbocycles. The minimum Gasteiger partial charge on any atom is -0.496 e. The Balaban J connectivity index is 1.99.